The molecule has 1 aromatic rings. The van der Waals surface area contributed by atoms with Gasteiger partial charge in [-0.3, -0.25) is 4.79 Å². The highest BCUT2D eigenvalue weighted by atomic mass is 32.2. The van der Waals surface area contributed by atoms with Crippen LogP contribution in [0.5, 0.6) is 0 Å². The molecule has 1 N–H and O–H groups in total. The quantitative estimate of drug-likeness (QED) is 0.821. The molecule has 3 rings (SSSR count). The fourth-order valence-electron chi connectivity index (χ4n) is 2.64. The van der Waals surface area contributed by atoms with Crippen LogP contribution in [0.15, 0.2) is 17.5 Å². The van der Waals surface area contributed by atoms with Gasteiger partial charge in [-0.25, -0.2) is 8.42 Å². The van der Waals surface area contributed by atoms with Crippen LogP contribution >= 0.6 is 11.3 Å². The number of carbonyl (C=O) groups excluding carboxylic acids is 1. The molecule has 22 heavy (non-hydrogen) atoms. The van der Waals surface area contributed by atoms with E-state index in [1.165, 1.54) is 15.6 Å². The number of sulfonamides is 1. The summed E-state index contributed by atoms with van der Waals surface area (Å²) in [5.74, 6) is -0.0197. The number of nitrogens with one attached hydrogen (secondary N) is 1. The van der Waals surface area contributed by atoms with Crippen molar-refractivity contribution in [2.75, 3.05) is 38.5 Å². The minimum absolute atomic E-state index is 0.0145. The highest BCUT2D eigenvalue weighted by Gasteiger charge is 2.35. The summed E-state index contributed by atoms with van der Waals surface area (Å²) in [6.45, 7) is 2.71. The molecule has 0 atom stereocenters. The summed E-state index contributed by atoms with van der Waals surface area (Å²) < 4.78 is 26.3. The van der Waals surface area contributed by atoms with E-state index in [4.69, 9.17) is 0 Å². The van der Waals surface area contributed by atoms with Gasteiger partial charge in [0.1, 0.15) is 0 Å². The van der Waals surface area contributed by atoms with Gasteiger partial charge >= 0.3 is 0 Å². The summed E-state index contributed by atoms with van der Waals surface area (Å²) in [5.41, 5.74) is 0. The maximum atomic E-state index is 12.5. The first-order valence-electron chi connectivity index (χ1n) is 7.61. The lowest BCUT2D eigenvalue weighted by molar-refractivity contribution is 0.0758. The van der Waals surface area contributed by atoms with Crippen molar-refractivity contribution in [3.05, 3.63) is 22.4 Å². The Morgan fingerprint density at radius 2 is 2.09 bits per heavy atom. The van der Waals surface area contributed by atoms with Crippen LogP contribution in [-0.4, -0.2) is 68.0 Å². The van der Waals surface area contributed by atoms with Gasteiger partial charge in [0.15, 0.2) is 0 Å². The van der Waals surface area contributed by atoms with E-state index in [0.29, 0.717) is 31.1 Å². The molecule has 1 amide bonds. The van der Waals surface area contributed by atoms with Crippen LogP contribution in [0.2, 0.25) is 0 Å². The lowest BCUT2D eigenvalue weighted by Gasteiger charge is -2.28. The number of hydrogen-bond donors (Lipinski definition) is 1. The number of amides is 1. The third kappa shape index (κ3) is 3.68. The summed E-state index contributed by atoms with van der Waals surface area (Å²) in [6, 6.07) is 3.86. The molecule has 2 aliphatic rings. The fourth-order valence-corrected chi connectivity index (χ4v) is 4.75. The Labute approximate surface area is 135 Å². The van der Waals surface area contributed by atoms with E-state index in [0.717, 1.165) is 12.8 Å². The molecule has 122 valence electrons. The second-order valence-corrected chi connectivity index (χ2v) is 8.71. The van der Waals surface area contributed by atoms with E-state index in [9.17, 15) is 13.2 Å². The molecule has 0 spiro atoms. The van der Waals surface area contributed by atoms with Crippen LogP contribution in [0, 0.1) is 0 Å². The molecule has 1 aliphatic heterocycles. The van der Waals surface area contributed by atoms with Gasteiger partial charge in [0, 0.05) is 38.8 Å². The summed E-state index contributed by atoms with van der Waals surface area (Å²) in [5, 5.41) is 5.02. The van der Waals surface area contributed by atoms with Crippen LogP contribution in [0.1, 0.15) is 22.5 Å². The topological polar surface area (TPSA) is 69.7 Å². The van der Waals surface area contributed by atoms with E-state index in [2.05, 4.69) is 5.32 Å². The van der Waals surface area contributed by atoms with E-state index in [-0.39, 0.29) is 24.2 Å². The predicted octanol–water partition coefficient (Wildman–Crippen LogP) is 0.588. The zero-order valence-corrected chi connectivity index (χ0v) is 14.0. The molecule has 8 heteroatoms. The third-order valence-corrected chi connectivity index (χ3v) is 6.75. The second-order valence-electron chi connectivity index (χ2n) is 5.67. The molecule has 6 nitrogen and oxygen atoms in total. The van der Waals surface area contributed by atoms with Gasteiger partial charge in [0.25, 0.3) is 5.91 Å². The molecule has 2 fully saturated rings. The Bertz CT molecular complexity index is 605. The van der Waals surface area contributed by atoms with Gasteiger partial charge in [-0.1, -0.05) is 6.07 Å². The van der Waals surface area contributed by atoms with Gasteiger partial charge < -0.3 is 10.2 Å². The van der Waals surface area contributed by atoms with Crippen molar-refractivity contribution in [1.82, 2.24) is 14.5 Å². The normalized spacial score (nSPS) is 20.0. The maximum absolute atomic E-state index is 12.5. The van der Waals surface area contributed by atoms with Crippen LogP contribution in [0.4, 0.5) is 0 Å². The third-order valence-electron chi connectivity index (χ3n) is 4.04. The maximum Gasteiger partial charge on any atom is 0.264 e. The van der Waals surface area contributed by atoms with E-state index < -0.39 is 10.0 Å². The number of thiophene rings is 1. The van der Waals surface area contributed by atoms with Gasteiger partial charge in [0.2, 0.25) is 10.0 Å². The largest absolute Gasteiger partial charge is 0.334 e. The molecular weight excluding hydrogens is 322 g/mol. The number of hydrogen-bond acceptors (Lipinski definition) is 5. The van der Waals surface area contributed by atoms with Gasteiger partial charge in [-0.2, -0.15) is 4.31 Å². The molecule has 0 aromatic carbocycles. The molecule has 2 heterocycles. The fraction of sp³-hybridized carbons (Fsp3) is 0.643. The summed E-state index contributed by atoms with van der Waals surface area (Å²) in [4.78, 5) is 14.9. The minimum Gasteiger partial charge on any atom is -0.334 e. The van der Waals surface area contributed by atoms with Gasteiger partial charge in [-0.05, 0) is 24.3 Å². The lowest BCUT2D eigenvalue weighted by Crippen LogP contribution is -2.48. The SMILES string of the molecule is O=C(c1cccs1)N(CCS(=O)(=O)N1CCNCC1)C1CC1. The number of carbonyl (C=O) groups is 1. The smallest absolute Gasteiger partial charge is 0.264 e. The molecule has 1 saturated carbocycles. The minimum atomic E-state index is -3.28. The first kappa shape index (κ1) is 15.9. The van der Waals surface area contributed by atoms with Crippen molar-refractivity contribution < 1.29 is 13.2 Å². The monoisotopic (exact) mass is 343 g/mol. The summed E-state index contributed by atoms with van der Waals surface area (Å²) in [6.07, 6.45) is 1.95. The Hall–Kier alpha value is -0.960. The summed E-state index contributed by atoms with van der Waals surface area (Å²) >= 11 is 1.41. The molecule has 1 aliphatic carbocycles. The zero-order chi connectivity index (χ0) is 15.6. The van der Waals surface area contributed by atoms with Crippen LogP contribution in [-0.2, 0) is 10.0 Å². The van der Waals surface area contributed by atoms with Crippen molar-refractivity contribution in [3.8, 4) is 0 Å². The average Bonchev–Trinajstić information content (AvgIpc) is 3.21. The highest BCUT2D eigenvalue weighted by Crippen LogP contribution is 2.29. The Morgan fingerprint density at radius 3 is 2.68 bits per heavy atom. The molecule has 1 aromatic heterocycles. The van der Waals surface area contributed by atoms with Gasteiger partial charge in [0.05, 0.1) is 10.6 Å². The first-order chi connectivity index (χ1) is 10.6. The Balaban J connectivity index is 1.63. The molecule has 1 saturated heterocycles. The Morgan fingerprint density at radius 1 is 1.36 bits per heavy atom. The number of nitrogens with zero attached hydrogens (tertiary/aromatic N) is 2. The Kier molecular flexibility index (Phi) is 4.82. The van der Waals surface area contributed by atoms with Crippen LogP contribution in [0.3, 0.4) is 0 Å². The first-order valence-corrected chi connectivity index (χ1v) is 10.1. The lowest BCUT2D eigenvalue weighted by atomic mass is 10.4. The predicted molar refractivity (Wildman–Crippen MR) is 86.6 cm³/mol. The van der Waals surface area contributed by atoms with Crippen molar-refractivity contribution >= 4 is 27.3 Å². The van der Waals surface area contributed by atoms with E-state index >= 15 is 0 Å². The average molecular weight is 343 g/mol. The van der Waals surface area contributed by atoms with Crippen molar-refractivity contribution in [2.24, 2.45) is 0 Å². The standard InChI is InChI=1S/C14H21N3O3S2/c18-14(13-2-1-10-21-13)17(12-3-4-12)9-11-22(19,20)16-7-5-15-6-8-16/h1-2,10,12,15H,3-9,11H2. The molecule has 0 radical (unpaired) electrons. The molecule has 0 unspecified atom stereocenters. The molecular formula is C14H21N3O3S2. The number of piperazine rings is 1. The van der Waals surface area contributed by atoms with E-state index in [1.807, 2.05) is 11.4 Å². The van der Waals surface area contributed by atoms with E-state index in [1.54, 1.807) is 11.0 Å². The van der Waals surface area contributed by atoms with Gasteiger partial charge in [-0.15, -0.1) is 11.3 Å². The highest BCUT2D eigenvalue weighted by molar-refractivity contribution is 7.89. The van der Waals surface area contributed by atoms with Crippen molar-refractivity contribution in [2.45, 2.75) is 18.9 Å². The van der Waals surface area contributed by atoms with Crippen LogP contribution in [0.25, 0.3) is 0 Å². The summed E-state index contributed by atoms with van der Waals surface area (Å²) in [7, 11) is -3.28. The van der Waals surface area contributed by atoms with Crippen molar-refractivity contribution in [3.63, 3.8) is 0 Å². The zero-order valence-electron chi connectivity index (χ0n) is 12.4. The van der Waals surface area contributed by atoms with Crippen molar-refractivity contribution in [1.29, 1.82) is 0 Å². The number of rotatable bonds is 6. The second kappa shape index (κ2) is 6.66. The van der Waals surface area contributed by atoms with Crippen LogP contribution < -0.4 is 5.32 Å². The molecule has 0 bridgehead atoms.